The zero-order chi connectivity index (χ0) is 17.9. The summed E-state index contributed by atoms with van der Waals surface area (Å²) >= 11 is 3.54. The van der Waals surface area contributed by atoms with Gasteiger partial charge in [-0.15, -0.1) is 22.7 Å². The third-order valence-corrected chi connectivity index (χ3v) is 6.70. The van der Waals surface area contributed by atoms with Crippen LogP contribution in [0.2, 0.25) is 0 Å². The van der Waals surface area contributed by atoms with Gasteiger partial charge in [0.25, 0.3) is 0 Å². The number of rotatable bonds is 6. The lowest BCUT2D eigenvalue weighted by molar-refractivity contribution is 0.249. The number of ether oxygens (including phenoxy) is 2. The highest BCUT2D eigenvalue weighted by Crippen LogP contribution is 2.37. The zero-order valence-electron chi connectivity index (χ0n) is 15.0. The Hall–Kier alpha value is -1.89. The molecule has 0 bridgehead atoms. The summed E-state index contributed by atoms with van der Waals surface area (Å²) in [5.74, 6) is 1.47. The molecule has 0 unspecified atom stereocenters. The van der Waals surface area contributed by atoms with Crippen molar-refractivity contribution in [2.24, 2.45) is 0 Å². The number of likely N-dealkylation sites (tertiary alicyclic amines) is 1. The molecular formula is C20H22N2O2S2. The van der Waals surface area contributed by atoms with Crippen molar-refractivity contribution in [2.45, 2.75) is 25.4 Å². The van der Waals surface area contributed by atoms with Crippen LogP contribution in [0.5, 0.6) is 11.5 Å². The lowest BCUT2D eigenvalue weighted by atomic mass is 10.2. The average molecular weight is 387 g/mol. The zero-order valence-corrected chi connectivity index (χ0v) is 16.6. The summed E-state index contributed by atoms with van der Waals surface area (Å²) in [4.78, 5) is 8.90. The van der Waals surface area contributed by atoms with E-state index in [1.807, 2.05) is 29.5 Å². The van der Waals surface area contributed by atoms with Crippen LogP contribution in [0.25, 0.3) is 10.6 Å². The van der Waals surface area contributed by atoms with Gasteiger partial charge in [-0.3, -0.25) is 4.90 Å². The maximum absolute atomic E-state index is 5.41. The minimum atomic E-state index is 0.543. The van der Waals surface area contributed by atoms with Crippen LogP contribution in [-0.2, 0) is 6.54 Å². The predicted molar refractivity (Wildman–Crippen MR) is 107 cm³/mol. The maximum atomic E-state index is 5.41. The minimum absolute atomic E-state index is 0.543. The predicted octanol–water partition coefficient (Wildman–Crippen LogP) is 5.23. The van der Waals surface area contributed by atoms with Gasteiger partial charge in [0.1, 0.15) is 5.01 Å². The lowest BCUT2D eigenvalue weighted by Crippen LogP contribution is -2.22. The molecule has 1 aromatic carbocycles. The maximum Gasteiger partial charge on any atom is 0.161 e. The highest BCUT2D eigenvalue weighted by molar-refractivity contribution is 7.13. The van der Waals surface area contributed by atoms with Crippen molar-refractivity contribution in [2.75, 3.05) is 20.8 Å². The van der Waals surface area contributed by atoms with Gasteiger partial charge in [0.05, 0.1) is 19.9 Å². The molecule has 136 valence electrons. The molecule has 4 rings (SSSR count). The van der Waals surface area contributed by atoms with E-state index in [0.717, 1.165) is 40.9 Å². The quantitative estimate of drug-likeness (QED) is 0.581. The fourth-order valence-corrected chi connectivity index (χ4v) is 5.21. The summed E-state index contributed by atoms with van der Waals surface area (Å²) in [6.45, 7) is 2.05. The lowest BCUT2D eigenvalue weighted by Gasteiger charge is -2.22. The van der Waals surface area contributed by atoms with Crippen molar-refractivity contribution >= 4 is 22.7 Å². The number of hydrogen-bond acceptors (Lipinski definition) is 6. The number of hydrogen-bond donors (Lipinski definition) is 0. The second-order valence-corrected chi connectivity index (χ2v) is 8.20. The van der Waals surface area contributed by atoms with Crippen molar-refractivity contribution in [3.8, 4) is 22.1 Å². The summed E-state index contributed by atoms with van der Waals surface area (Å²) in [7, 11) is 3.31. The van der Waals surface area contributed by atoms with Crippen LogP contribution in [0.4, 0.5) is 0 Å². The molecule has 26 heavy (non-hydrogen) atoms. The van der Waals surface area contributed by atoms with Gasteiger partial charge in [0.2, 0.25) is 0 Å². The minimum Gasteiger partial charge on any atom is -0.493 e. The molecule has 3 aromatic rings. The molecular weight excluding hydrogens is 364 g/mol. The number of thiophene rings is 1. The number of benzene rings is 1. The van der Waals surface area contributed by atoms with Gasteiger partial charge in [-0.05, 0) is 49.0 Å². The highest BCUT2D eigenvalue weighted by atomic mass is 32.1. The highest BCUT2D eigenvalue weighted by Gasteiger charge is 2.27. The van der Waals surface area contributed by atoms with Gasteiger partial charge in [-0.2, -0.15) is 0 Å². The first-order valence-electron chi connectivity index (χ1n) is 8.72. The largest absolute Gasteiger partial charge is 0.493 e. The van der Waals surface area contributed by atoms with E-state index >= 15 is 0 Å². The van der Waals surface area contributed by atoms with Crippen LogP contribution >= 0.6 is 22.7 Å². The summed E-state index contributed by atoms with van der Waals surface area (Å²) in [6, 6.07) is 10.9. The molecule has 2 aromatic heterocycles. The molecule has 1 saturated heterocycles. The molecule has 0 spiro atoms. The standard InChI is InChI=1S/C20H22N2O2S2/c1-23-17-8-7-14(11-18(17)24-2)20-21-15(13-26-20)12-22-9-3-5-16(22)19-6-4-10-25-19/h4,6-8,10-11,13,16H,3,5,9,12H2,1-2H3/t16-/m1/s1. The Balaban J connectivity index is 1.51. The monoisotopic (exact) mass is 386 g/mol. The fourth-order valence-electron chi connectivity index (χ4n) is 3.51. The average Bonchev–Trinajstić information content (AvgIpc) is 3.42. The topological polar surface area (TPSA) is 34.6 Å². The molecule has 4 nitrogen and oxygen atoms in total. The first kappa shape index (κ1) is 17.5. The van der Waals surface area contributed by atoms with Gasteiger partial charge < -0.3 is 9.47 Å². The molecule has 6 heteroatoms. The van der Waals surface area contributed by atoms with E-state index in [4.69, 9.17) is 14.5 Å². The van der Waals surface area contributed by atoms with Gasteiger partial charge in [-0.1, -0.05) is 6.07 Å². The van der Waals surface area contributed by atoms with Gasteiger partial charge in [0.15, 0.2) is 11.5 Å². The number of nitrogens with zero attached hydrogens (tertiary/aromatic N) is 2. The molecule has 1 fully saturated rings. The molecule has 0 radical (unpaired) electrons. The summed E-state index contributed by atoms with van der Waals surface area (Å²) in [5.41, 5.74) is 2.21. The molecule has 1 aliphatic rings. The Morgan fingerprint density at radius 1 is 1.15 bits per heavy atom. The first-order chi connectivity index (χ1) is 12.8. The van der Waals surface area contributed by atoms with E-state index in [1.165, 1.54) is 17.7 Å². The van der Waals surface area contributed by atoms with Crippen molar-refractivity contribution in [1.82, 2.24) is 9.88 Å². The van der Waals surface area contributed by atoms with E-state index in [2.05, 4.69) is 27.8 Å². The van der Waals surface area contributed by atoms with Crippen LogP contribution in [0, 0.1) is 0 Å². The van der Waals surface area contributed by atoms with Crippen molar-refractivity contribution < 1.29 is 9.47 Å². The van der Waals surface area contributed by atoms with E-state index in [9.17, 15) is 0 Å². The smallest absolute Gasteiger partial charge is 0.161 e. The van der Waals surface area contributed by atoms with E-state index in [-0.39, 0.29) is 0 Å². The molecule has 1 atom stereocenters. The van der Waals surface area contributed by atoms with Crippen LogP contribution in [0.1, 0.15) is 29.5 Å². The van der Waals surface area contributed by atoms with Gasteiger partial charge in [-0.25, -0.2) is 4.98 Å². The van der Waals surface area contributed by atoms with Crippen molar-refractivity contribution in [1.29, 1.82) is 0 Å². The van der Waals surface area contributed by atoms with Crippen LogP contribution in [0.3, 0.4) is 0 Å². The summed E-state index contributed by atoms with van der Waals surface area (Å²) in [6.07, 6.45) is 2.50. The Labute approximate surface area is 162 Å². The summed E-state index contributed by atoms with van der Waals surface area (Å²) in [5, 5.41) is 5.37. The second kappa shape index (κ2) is 7.78. The molecule has 1 aliphatic heterocycles. The van der Waals surface area contributed by atoms with E-state index in [0.29, 0.717) is 6.04 Å². The Bertz CT molecular complexity index is 861. The Morgan fingerprint density at radius 2 is 2.04 bits per heavy atom. The Morgan fingerprint density at radius 3 is 2.81 bits per heavy atom. The fraction of sp³-hybridized carbons (Fsp3) is 0.350. The van der Waals surface area contributed by atoms with E-state index in [1.54, 1.807) is 25.6 Å². The third kappa shape index (κ3) is 3.49. The van der Waals surface area contributed by atoms with Crippen LogP contribution in [0.15, 0.2) is 41.1 Å². The van der Waals surface area contributed by atoms with E-state index < -0.39 is 0 Å². The molecule has 3 heterocycles. The van der Waals surface area contributed by atoms with Crippen LogP contribution < -0.4 is 9.47 Å². The SMILES string of the molecule is COc1ccc(-c2nc(CN3CCC[C@@H]3c3cccs3)cs2)cc1OC. The normalized spacial score (nSPS) is 17.5. The number of methoxy groups -OCH3 is 2. The number of thiazole rings is 1. The first-order valence-corrected chi connectivity index (χ1v) is 10.5. The Kier molecular flexibility index (Phi) is 5.24. The molecule has 0 saturated carbocycles. The third-order valence-electron chi connectivity index (χ3n) is 4.78. The van der Waals surface area contributed by atoms with Gasteiger partial charge >= 0.3 is 0 Å². The van der Waals surface area contributed by atoms with Gasteiger partial charge in [0, 0.05) is 28.4 Å². The summed E-state index contributed by atoms with van der Waals surface area (Å²) < 4.78 is 10.7. The molecule has 0 amide bonds. The van der Waals surface area contributed by atoms with Crippen LogP contribution in [-0.4, -0.2) is 30.6 Å². The second-order valence-electron chi connectivity index (χ2n) is 6.36. The molecule has 0 N–H and O–H groups in total. The van der Waals surface area contributed by atoms with Crippen molar-refractivity contribution in [3.05, 3.63) is 51.7 Å². The molecule has 0 aliphatic carbocycles. The number of aromatic nitrogens is 1. The van der Waals surface area contributed by atoms with Crippen molar-refractivity contribution in [3.63, 3.8) is 0 Å².